The fraction of sp³-hybridized carbons (Fsp3) is 0.231. The van der Waals surface area contributed by atoms with Gasteiger partial charge in [0.2, 0.25) is 11.0 Å². The Labute approximate surface area is 119 Å². The van der Waals surface area contributed by atoms with E-state index in [4.69, 9.17) is 14.2 Å². The minimum Gasteiger partial charge on any atom is -0.496 e. The zero-order valence-corrected chi connectivity index (χ0v) is 12.1. The molecule has 0 spiro atoms. The van der Waals surface area contributed by atoms with Gasteiger partial charge in [0.15, 0.2) is 0 Å². The molecule has 1 unspecified atom stereocenters. The highest BCUT2D eigenvalue weighted by Gasteiger charge is 2.07. The number of methoxy groups -OCH3 is 2. The molecular weight excluding hydrogens is 280 g/mol. The van der Waals surface area contributed by atoms with E-state index in [1.165, 1.54) is 12.5 Å². The SMILES string of the molecule is COc1cc(OC)cc(Oc2ccnc(S(C)=O)n2)c1. The number of benzene rings is 1. The van der Waals surface area contributed by atoms with Crippen LogP contribution >= 0.6 is 0 Å². The summed E-state index contributed by atoms with van der Waals surface area (Å²) < 4.78 is 27.3. The Bertz CT molecular complexity index is 611. The lowest BCUT2D eigenvalue weighted by molar-refractivity contribution is 0.384. The zero-order valence-electron chi connectivity index (χ0n) is 11.3. The van der Waals surface area contributed by atoms with Crippen LogP contribution in [-0.2, 0) is 10.8 Å². The molecule has 20 heavy (non-hydrogen) atoms. The highest BCUT2D eigenvalue weighted by atomic mass is 32.2. The first-order chi connectivity index (χ1) is 9.62. The van der Waals surface area contributed by atoms with Gasteiger partial charge in [0, 0.05) is 36.7 Å². The molecule has 0 N–H and O–H groups in total. The van der Waals surface area contributed by atoms with Crippen LogP contribution in [0.3, 0.4) is 0 Å². The molecule has 106 valence electrons. The van der Waals surface area contributed by atoms with E-state index in [1.54, 1.807) is 38.5 Å². The van der Waals surface area contributed by atoms with Crippen molar-refractivity contribution >= 4 is 10.8 Å². The molecule has 0 radical (unpaired) electrons. The molecule has 1 atom stereocenters. The maximum absolute atomic E-state index is 11.3. The van der Waals surface area contributed by atoms with Crippen molar-refractivity contribution in [2.24, 2.45) is 0 Å². The maximum Gasteiger partial charge on any atom is 0.223 e. The molecule has 1 heterocycles. The van der Waals surface area contributed by atoms with Gasteiger partial charge >= 0.3 is 0 Å². The molecule has 1 aromatic carbocycles. The van der Waals surface area contributed by atoms with E-state index in [2.05, 4.69) is 9.97 Å². The highest BCUT2D eigenvalue weighted by Crippen LogP contribution is 2.30. The normalized spacial score (nSPS) is 11.8. The minimum absolute atomic E-state index is 0.220. The summed E-state index contributed by atoms with van der Waals surface area (Å²) in [5.41, 5.74) is 0. The van der Waals surface area contributed by atoms with Crippen molar-refractivity contribution in [3.63, 3.8) is 0 Å². The van der Waals surface area contributed by atoms with Crippen LogP contribution in [0.2, 0.25) is 0 Å². The Morgan fingerprint density at radius 2 is 1.65 bits per heavy atom. The first kappa shape index (κ1) is 14.3. The van der Waals surface area contributed by atoms with Gasteiger partial charge in [0.1, 0.15) is 17.2 Å². The summed E-state index contributed by atoms with van der Waals surface area (Å²) in [7, 11) is 1.85. The van der Waals surface area contributed by atoms with Crippen LogP contribution in [0.1, 0.15) is 0 Å². The van der Waals surface area contributed by atoms with Crippen LogP contribution < -0.4 is 14.2 Å². The Kier molecular flexibility index (Phi) is 4.52. The van der Waals surface area contributed by atoms with Crippen molar-refractivity contribution in [3.05, 3.63) is 30.5 Å². The summed E-state index contributed by atoms with van der Waals surface area (Å²) in [4.78, 5) is 7.97. The van der Waals surface area contributed by atoms with Gasteiger partial charge in [0.25, 0.3) is 0 Å². The van der Waals surface area contributed by atoms with Crippen LogP contribution in [0.5, 0.6) is 23.1 Å². The van der Waals surface area contributed by atoms with E-state index < -0.39 is 10.8 Å². The van der Waals surface area contributed by atoms with Gasteiger partial charge in [-0.3, -0.25) is 4.21 Å². The van der Waals surface area contributed by atoms with Gasteiger partial charge in [-0.25, -0.2) is 4.98 Å². The van der Waals surface area contributed by atoms with Crippen molar-refractivity contribution in [1.29, 1.82) is 0 Å². The molecule has 0 aliphatic heterocycles. The molecule has 0 saturated carbocycles. The Hall–Kier alpha value is -2.15. The molecule has 0 amide bonds. The van der Waals surface area contributed by atoms with Crippen molar-refractivity contribution < 1.29 is 18.4 Å². The van der Waals surface area contributed by atoms with E-state index >= 15 is 0 Å². The largest absolute Gasteiger partial charge is 0.496 e. The lowest BCUT2D eigenvalue weighted by Crippen LogP contribution is -1.98. The molecule has 0 aliphatic rings. The Balaban J connectivity index is 2.29. The van der Waals surface area contributed by atoms with Crippen LogP contribution in [0.15, 0.2) is 35.6 Å². The molecule has 0 bridgehead atoms. The van der Waals surface area contributed by atoms with Crippen molar-refractivity contribution in [1.82, 2.24) is 9.97 Å². The summed E-state index contributed by atoms with van der Waals surface area (Å²) in [5.74, 6) is 2.02. The number of hydrogen-bond acceptors (Lipinski definition) is 6. The molecule has 0 aliphatic carbocycles. The molecule has 7 heteroatoms. The number of rotatable bonds is 5. The van der Waals surface area contributed by atoms with Crippen molar-refractivity contribution in [3.8, 4) is 23.1 Å². The topological polar surface area (TPSA) is 70.5 Å². The van der Waals surface area contributed by atoms with E-state index in [0.29, 0.717) is 23.1 Å². The maximum atomic E-state index is 11.3. The number of nitrogens with zero attached hydrogens (tertiary/aromatic N) is 2. The first-order valence-corrected chi connectivity index (χ1v) is 7.25. The average Bonchev–Trinajstić information content (AvgIpc) is 2.47. The molecule has 0 fully saturated rings. The summed E-state index contributed by atoms with van der Waals surface area (Å²) in [5, 5.41) is 0.220. The number of aromatic nitrogens is 2. The van der Waals surface area contributed by atoms with Gasteiger partial charge < -0.3 is 14.2 Å². The third kappa shape index (κ3) is 3.45. The Morgan fingerprint density at radius 1 is 1.05 bits per heavy atom. The van der Waals surface area contributed by atoms with Crippen molar-refractivity contribution in [2.45, 2.75) is 5.16 Å². The molecular formula is C13H14N2O4S. The van der Waals surface area contributed by atoms with Crippen LogP contribution in [0.4, 0.5) is 0 Å². The van der Waals surface area contributed by atoms with Gasteiger partial charge in [-0.05, 0) is 0 Å². The second kappa shape index (κ2) is 6.33. The standard InChI is InChI=1S/C13H14N2O4S/c1-17-9-6-10(18-2)8-11(7-9)19-12-4-5-14-13(15-12)20(3)16/h4-8H,1-3H3. The van der Waals surface area contributed by atoms with Crippen molar-refractivity contribution in [2.75, 3.05) is 20.5 Å². The van der Waals surface area contributed by atoms with E-state index in [-0.39, 0.29) is 5.16 Å². The van der Waals surface area contributed by atoms with Crippen LogP contribution in [0, 0.1) is 0 Å². The van der Waals surface area contributed by atoms with Crippen LogP contribution in [-0.4, -0.2) is 34.7 Å². The molecule has 2 aromatic rings. The monoisotopic (exact) mass is 294 g/mol. The van der Waals surface area contributed by atoms with Crippen LogP contribution in [0.25, 0.3) is 0 Å². The lowest BCUT2D eigenvalue weighted by atomic mass is 10.3. The third-order valence-electron chi connectivity index (χ3n) is 2.41. The second-order valence-electron chi connectivity index (χ2n) is 3.78. The summed E-state index contributed by atoms with van der Waals surface area (Å²) in [6.45, 7) is 0. The van der Waals surface area contributed by atoms with Gasteiger partial charge in [-0.1, -0.05) is 0 Å². The zero-order chi connectivity index (χ0) is 14.5. The number of ether oxygens (including phenoxy) is 3. The highest BCUT2D eigenvalue weighted by molar-refractivity contribution is 7.84. The van der Waals surface area contributed by atoms with E-state index in [1.807, 2.05) is 0 Å². The summed E-state index contributed by atoms with van der Waals surface area (Å²) in [6, 6.07) is 6.72. The average molecular weight is 294 g/mol. The van der Waals surface area contributed by atoms with Gasteiger partial charge in [0.05, 0.1) is 25.0 Å². The fourth-order valence-electron chi connectivity index (χ4n) is 1.48. The number of hydrogen-bond donors (Lipinski definition) is 0. The quantitative estimate of drug-likeness (QED) is 0.786. The smallest absolute Gasteiger partial charge is 0.223 e. The Morgan fingerprint density at radius 3 is 2.20 bits per heavy atom. The second-order valence-corrected chi connectivity index (χ2v) is 5.06. The van der Waals surface area contributed by atoms with Gasteiger partial charge in [-0.2, -0.15) is 4.98 Å². The predicted molar refractivity (Wildman–Crippen MR) is 74.0 cm³/mol. The fourth-order valence-corrected chi connectivity index (χ4v) is 1.91. The van der Waals surface area contributed by atoms with E-state index in [0.717, 1.165) is 0 Å². The molecule has 2 rings (SSSR count). The summed E-state index contributed by atoms with van der Waals surface area (Å²) >= 11 is 0. The molecule has 0 saturated heterocycles. The first-order valence-electron chi connectivity index (χ1n) is 5.70. The lowest BCUT2D eigenvalue weighted by Gasteiger charge is -2.09. The predicted octanol–water partition coefficient (Wildman–Crippen LogP) is 2.02. The van der Waals surface area contributed by atoms with Gasteiger partial charge in [-0.15, -0.1) is 0 Å². The molecule has 6 nitrogen and oxygen atoms in total. The molecule has 1 aromatic heterocycles. The summed E-state index contributed by atoms with van der Waals surface area (Å²) in [6.07, 6.45) is 3.00. The third-order valence-corrected chi connectivity index (χ3v) is 3.12. The minimum atomic E-state index is -1.26. The van der Waals surface area contributed by atoms with E-state index in [9.17, 15) is 4.21 Å².